The van der Waals surface area contributed by atoms with Gasteiger partial charge in [-0.2, -0.15) is 0 Å². The fourth-order valence-corrected chi connectivity index (χ4v) is 0.671. The number of hydrogen-bond donors (Lipinski definition) is 0. The van der Waals surface area contributed by atoms with E-state index in [2.05, 4.69) is 4.74 Å². The molecule has 1 atom stereocenters. The van der Waals surface area contributed by atoms with E-state index in [-0.39, 0.29) is 12.8 Å². The lowest BCUT2D eigenvalue weighted by molar-refractivity contribution is -0.143. The predicted molar refractivity (Wildman–Crippen MR) is 30.7 cm³/mol. The van der Waals surface area contributed by atoms with E-state index in [1.165, 1.54) is 0 Å². The van der Waals surface area contributed by atoms with Crippen LogP contribution in [0.1, 0.15) is 20.3 Å². The number of carbonyl (C=O) groups is 1. The Morgan fingerprint density at radius 1 is 1.78 bits per heavy atom. The Hall–Kier alpha value is -0.570. The van der Waals surface area contributed by atoms with E-state index >= 15 is 0 Å². The van der Waals surface area contributed by atoms with Crippen molar-refractivity contribution in [1.82, 2.24) is 0 Å². The number of ether oxygens (including phenoxy) is 2. The van der Waals surface area contributed by atoms with Crippen molar-refractivity contribution >= 4 is 5.97 Å². The lowest BCUT2D eigenvalue weighted by atomic mass is 10.1. The summed E-state index contributed by atoms with van der Waals surface area (Å²) in [4.78, 5) is 10.8. The lowest BCUT2D eigenvalue weighted by Gasteiger charge is -2.13. The predicted octanol–water partition coefficient (Wildman–Crippen LogP) is 0.686. The first kappa shape index (κ1) is 6.55. The van der Waals surface area contributed by atoms with Crippen LogP contribution in [0.4, 0.5) is 0 Å². The van der Waals surface area contributed by atoms with E-state index in [4.69, 9.17) is 4.74 Å². The molecule has 52 valence electrons. The monoisotopic (exact) mass is 130 g/mol. The second-order valence-electron chi connectivity index (χ2n) is 2.28. The second kappa shape index (κ2) is 1.99. The highest BCUT2D eigenvalue weighted by Gasteiger charge is 2.39. The standard InChI is InChI=1S/C6H10O3/c1-3-6(2)5(7)8-4-9-6/h3-4H2,1-2H3. The van der Waals surface area contributed by atoms with Gasteiger partial charge in [-0.05, 0) is 13.3 Å². The topological polar surface area (TPSA) is 35.5 Å². The molecule has 3 nitrogen and oxygen atoms in total. The van der Waals surface area contributed by atoms with E-state index in [1.807, 2.05) is 6.92 Å². The van der Waals surface area contributed by atoms with Crippen molar-refractivity contribution in [1.29, 1.82) is 0 Å². The summed E-state index contributed by atoms with van der Waals surface area (Å²) in [6.45, 7) is 3.75. The third kappa shape index (κ3) is 0.920. The minimum absolute atomic E-state index is 0.114. The zero-order valence-corrected chi connectivity index (χ0v) is 5.64. The van der Waals surface area contributed by atoms with Gasteiger partial charge in [0, 0.05) is 0 Å². The average Bonchev–Trinajstić information content (AvgIpc) is 2.15. The summed E-state index contributed by atoms with van der Waals surface area (Å²) in [7, 11) is 0. The van der Waals surface area contributed by atoms with Gasteiger partial charge in [0.05, 0.1) is 0 Å². The van der Waals surface area contributed by atoms with Gasteiger partial charge in [0.1, 0.15) is 0 Å². The molecule has 1 rings (SSSR count). The fourth-order valence-electron chi connectivity index (χ4n) is 0.671. The molecule has 3 heteroatoms. The van der Waals surface area contributed by atoms with Gasteiger partial charge < -0.3 is 9.47 Å². The molecule has 0 radical (unpaired) electrons. The molecule has 0 bridgehead atoms. The molecule has 1 fully saturated rings. The molecule has 0 aliphatic carbocycles. The Morgan fingerprint density at radius 2 is 2.44 bits per heavy atom. The molecule has 9 heavy (non-hydrogen) atoms. The van der Waals surface area contributed by atoms with Crippen molar-refractivity contribution in [3.63, 3.8) is 0 Å². The van der Waals surface area contributed by atoms with Gasteiger partial charge in [-0.3, -0.25) is 0 Å². The van der Waals surface area contributed by atoms with Gasteiger partial charge in [0.2, 0.25) is 0 Å². The van der Waals surface area contributed by atoms with Gasteiger partial charge in [0.25, 0.3) is 0 Å². The Bertz CT molecular complexity index is 132. The van der Waals surface area contributed by atoms with Crippen molar-refractivity contribution in [3.8, 4) is 0 Å². The number of hydrogen-bond acceptors (Lipinski definition) is 3. The third-order valence-electron chi connectivity index (χ3n) is 1.67. The first-order valence-corrected chi connectivity index (χ1v) is 3.00. The van der Waals surface area contributed by atoms with Crippen LogP contribution in [-0.4, -0.2) is 18.4 Å². The van der Waals surface area contributed by atoms with Crippen molar-refractivity contribution in [2.24, 2.45) is 0 Å². The summed E-state index contributed by atoms with van der Waals surface area (Å²) < 4.78 is 9.63. The Morgan fingerprint density at radius 3 is 2.67 bits per heavy atom. The van der Waals surface area contributed by atoms with Gasteiger partial charge in [0.15, 0.2) is 12.4 Å². The molecule has 0 aromatic rings. The number of rotatable bonds is 1. The molecule has 0 saturated carbocycles. The van der Waals surface area contributed by atoms with Crippen molar-refractivity contribution < 1.29 is 14.3 Å². The number of esters is 1. The smallest absolute Gasteiger partial charge is 0.340 e. The van der Waals surface area contributed by atoms with Crippen LogP contribution in [0.25, 0.3) is 0 Å². The van der Waals surface area contributed by atoms with Gasteiger partial charge >= 0.3 is 5.97 Å². The summed E-state index contributed by atoms with van der Waals surface area (Å²) >= 11 is 0. The highest BCUT2D eigenvalue weighted by atomic mass is 16.7. The maximum Gasteiger partial charge on any atom is 0.340 e. The first-order chi connectivity index (χ1) is 4.19. The first-order valence-electron chi connectivity index (χ1n) is 3.00. The quantitative estimate of drug-likeness (QED) is 0.490. The summed E-state index contributed by atoms with van der Waals surface area (Å²) in [6, 6.07) is 0. The van der Waals surface area contributed by atoms with Crippen LogP contribution in [0.15, 0.2) is 0 Å². The summed E-state index contributed by atoms with van der Waals surface area (Å²) in [5, 5.41) is 0. The number of cyclic esters (lactones) is 1. The molecule has 1 saturated heterocycles. The van der Waals surface area contributed by atoms with Crippen LogP contribution >= 0.6 is 0 Å². The molecule has 0 spiro atoms. The minimum Gasteiger partial charge on any atom is -0.436 e. The maximum atomic E-state index is 10.8. The molecule has 1 aliphatic rings. The summed E-state index contributed by atoms with van der Waals surface area (Å²) in [5.41, 5.74) is -0.667. The average molecular weight is 130 g/mol. The highest BCUT2D eigenvalue weighted by Crippen LogP contribution is 2.22. The third-order valence-corrected chi connectivity index (χ3v) is 1.67. The highest BCUT2D eigenvalue weighted by molar-refractivity contribution is 5.80. The summed E-state index contributed by atoms with van der Waals surface area (Å²) in [6.07, 6.45) is 0.672. The zero-order valence-electron chi connectivity index (χ0n) is 5.64. The van der Waals surface area contributed by atoms with Crippen molar-refractivity contribution in [3.05, 3.63) is 0 Å². The molecule has 1 unspecified atom stereocenters. The van der Waals surface area contributed by atoms with Crippen LogP contribution in [0, 0.1) is 0 Å². The normalized spacial score (nSPS) is 34.7. The molecule has 0 N–H and O–H groups in total. The van der Waals surface area contributed by atoms with E-state index < -0.39 is 5.60 Å². The molecule has 1 aliphatic heterocycles. The van der Waals surface area contributed by atoms with E-state index in [0.29, 0.717) is 6.42 Å². The Balaban J connectivity index is 2.67. The van der Waals surface area contributed by atoms with E-state index in [9.17, 15) is 4.79 Å². The van der Waals surface area contributed by atoms with Crippen molar-refractivity contribution in [2.45, 2.75) is 25.9 Å². The molecule has 0 aromatic carbocycles. The summed E-state index contributed by atoms with van der Waals surface area (Å²) in [5.74, 6) is -0.245. The molecule has 1 heterocycles. The largest absolute Gasteiger partial charge is 0.436 e. The van der Waals surface area contributed by atoms with Gasteiger partial charge in [-0.25, -0.2) is 4.79 Å². The Labute approximate surface area is 53.9 Å². The lowest BCUT2D eigenvalue weighted by Crippen LogP contribution is -2.30. The number of carbonyl (C=O) groups excluding carboxylic acids is 1. The van der Waals surface area contributed by atoms with E-state index in [0.717, 1.165) is 0 Å². The molecule has 0 aromatic heterocycles. The Kier molecular flexibility index (Phi) is 1.45. The van der Waals surface area contributed by atoms with Crippen LogP contribution in [0.5, 0.6) is 0 Å². The van der Waals surface area contributed by atoms with Crippen LogP contribution < -0.4 is 0 Å². The minimum atomic E-state index is -0.667. The molecular weight excluding hydrogens is 120 g/mol. The van der Waals surface area contributed by atoms with Gasteiger partial charge in [-0.15, -0.1) is 0 Å². The molecular formula is C6H10O3. The molecule has 0 amide bonds. The van der Waals surface area contributed by atoms with Crippen LogP contribution in [-0.2, 0) is 14.3 Å². The maximum absolute atomic E-state index is 10.8. The van der Waals surface area contributed by atoms with Crippen LogP contribution in [0.3, 0.4) is 0 Å². The van der Waals surface area contributed by atoms with E-state index in [1.54, 1.807) is 6.92 Å². The van der Waals surface area contributed by atoms with Crippen LogP contribution in [0.2, 0.25) is 0 Å². The second-order valence-corrected chi connectivity index (χ2v) is 2.28. The van der Waals surface area contributed by atoms with Gasteiger partial charge in [-0.1, -0.05) is 6.92 Å². The SMILES string of the molecule is CCC1(C)OCOC1=O. The fraction of sp³-hybridized carbons (Fsp3) is 0.833. The van der Waals surface area contributed by atoms with Crippen molar-refractivity contribution in [2.75, 3.05) is 6.79 Å². The zero-order chi connectivity index (χ0) is 6.91.